The highest BCUT2D eigenvalue weighted by Gasteiger charge is 2.28. The minimum Gasteiger partial charge on any atom is -0.598 e. The Hall–Kier alpha value is 0.220. The number of halogens is 1. The Labute approximate surface area is 121 Å². The molecule has 1 aromatic carbocycles. The first kappa shape index (κ1) is 15.3. The topological polar surface area (TPSA) is 35.1 Å². The van der Waals surface area contributed by atoms with Crippen LogP contribution >= 0.6 is 22.6 Å². The molecule has 2 nitrogen and oxygen atoms in total. The maximum Gasteiger partial charge on any atom is 0.136 e. The molecule has 1 rings (SSSR count). The first-order valence-corrected chi connectivity index (χ1v) is 7.89. The highest BCUT2D eigenvalue weighted by atomic mass is 127. The van der Waals surface area contributed by atoms with Crippen molar-refractivity contribution < 1.29 is 4.55 Å². The maximum atomic E-state index is 12.0. The van der Waals surface area contributed by atoms with Gasteiger partial charge in [0.1, 0.15) is 4.75 Å². The molecule has 0 aromatic heterocycles. The van der Waals surface area contributed by atoms with E-state index in [0.29, 0.717) is 0 Å². The van der Waals surface area contributed by atoms with Gasteiger partial charge < -0.3 is 4.55 Å². The van der Waals surface area contributed by atoms with Crippen LogP contribution in [0.3, 0.4) is 0 Å². The largest absolute Gasteiger partial charge is 0.598 e. The van der Waals surface area contributed by atoms with Crippen LogP contribution in [-0.4, -0.2) is 9.30 Å². The Morgan fingerprint density at radius 3 is 2.41 bits per heavy atom. The van der Waals surface area contributed by atoms with Crippen LogP contribution in [0.15, 0.2) is 18.2 Å². The van der Waals surface area contributed by atoms with Gasteiger partial charge in [-0.2, -0.15) is 0 Å². The first-order chi connectivity index (χ1) is 7.71. The SMILES string of the molecule is Cc1ccc([C@H](C)N[S+]([O-])C(C)(C)C)cc1I. The predicted octanol–water partition coefficient (Wildman–Crippen LogP) is 3.71. The van der Waals surface area contributed by atoms with E-state index in [1.165, 1.54) is 14.7 Å². The summed E-state index contributed by atoms with van der Waals surface area (Å²) in [6, 6.07) is 6.45. The van der Waals surface area contributed by atoms with Crippen molar-refractivity contribution in [3.8, 4) is 0 Å². The summed E-state index contributed by atoms with van der Waals surface area (Å²) in [6.07, 6.45) is 0. The number of hydrogen-bond acceptors (Lipinski definition) is 2. The van der Waals surface area contributed by atoms with E-state index in [1.54, 1.807) is 0 Å². The van der Waals surface area contributed by atoms with E-state index in [9.17, 15) is 4.55 Å². The maximum absolute atomic E-state index is 12.0. The van der Waals surface area contributed by atoms with E-state index in [-0.39, 0.29) is 10.8 Å². The number of hydrogen-bond donors (Lipinski definition) is 1. The number of nitrogens with one attached hydrogen (secondary N) is 1. The van der Waals surface area contributed by atoms with Gasteiger partial charge in [-0.05, 0) is 74.4 Å². The van der Waals surface area contributed by atoms with Gasteiger partial charge in [-0.15, -0.1) is 4.72 Å². The van der Waals surface area contributed by atoms with Crippen LogP contribution in [0, 0.1) is 10.5 Å². The smallest absolute Gasteiger partial charge is 0.136 e. The lowest BCUT2D eigenvalue weighted by atomic mass is 10.1. The van der Waals surface area contributed by atoms with Gasteiger partial charge in [0.05, 0.1) is 6.04 Å². The molecule has 96 valence electrons. The van der Waals surface area contributed by atoms with Gasteiger partial charge >= 0.3 is 0 Å². The second-order valence-electron chi connectivity index (χ2n) is 5.23. The molecule has 1 aromatic rings. The van der Waals surface area contributed by atoms with E-state index in [0.717, 1.165) is 0 Å². The average Bonchev–Trinajstić information content (AvgIpc) is 2.20. The molecule has 0 aliphatic carbocycles. The van der Waals surface area contributed by atoms with Crippen LogP contribution in [0.2, 0.25) is 0 Å². The Morgan fingerprint density at radius 1 is 1.35 bits per heavy atom. The van der Waals surface area contributed by atoms with Crippen molar-refractivity contribution in [1.29, 1.82) is 0 Å². The van der Waals surface area contributed by atoms with Crippen LogP contribution in [0.4, 0.5) is 0 Å². The molecule has 0 spiro atoms. The molecule has 17 heavy (non-hydrogen) atoms. The second-order valence-corrected chi connectivity index (χ2v) is 8.39. The summed E-state index contributed by atoms with van der Waals surface area (Å²) < 4.78 is 16.2. The minimum absolute atomic E-state index is 0.101. The van der Waals surface area contributed by atoms with E-state index < -0.39 is 11.4 Å². The van der Waals surface area contributed by atoms with E-state index >= 15 is 0 Å². The van der Waals surface area contributed by atoms with Gasteiger partial charge in [-0.25, -0.2) is 0 Å². The molecular weight excluding hydrogens is 345 g/mol. The fourth-order valence-electron chi connectivity index (χ4n) is 1.28. The zero-order valence-electron chi connectivity index (χ0n) is 11.0. The highest BCUT2D eigenvalue weighted by molar-refractivity contribution is 14.1. The summed E-state index contributed by atoms with van der Waals surface area (Å²) in [6.45, 7) is 10.1. The van der Waals surface area contributed by atoms with E-state index in [4.69, 9.17) is 0 Å². The predicted molar refractivity (Wildman–Crippen MR) is 83.3 cm³/mol. The molecule has 2 atom stereocenters. The fraction of sp³-hybridized carbons (Fsp3) is 0.538. The lowest BCUT2D eigenvalue weighted by Crippen LogP contribution is -2.40. The lowest BCUT2D eigenvalue weighted by Gasteiger charge is -2.26. The van der Waals surface area contributed by atoms with Gasteiger partial charge in [-0.3, -0.25) is 0 Å². The van der Waals surface area contributed by atoms with E-state index in [2.05, 4.69) is 52.4 Å². The quantitative estimate of drug-likeness (QED) is 0.655. The van der Waals surface area contributed by atoms with Crippen molar-refractivity contribution in [2.75, 3.05) is 0 Å². The molecule has 0 bridgehead atoms. The lowest BCUT2D eigenvalue weighted by molar-refractivity contribution is 0.531. The highest BCUT2D eigenvalue weighted by Crippen LogP contribution is 2.22. The first-order valence-electron chi connectivity index (χ1n) is 5.66. The van der Waals surface area contributed by atoms with Crippen LogP contribution in [-0.2, 0) is 11.4 Å². The summed E-state index contributed by atoms with van der Waals surface area (Å²) in [4.78, 5) is 0. The standard InChI is InChI=1S/C13H20INOS/c1-9-6-7-11(8-12(9)14)10(2)15-17(16)13(3,4)5/h6-8,10,15H,1-5H3/t10-,17?/m0/s1. The molecule has 0 radical (unpaired) electrons. The molecule has 0 aliphatic rings. The summed E-state index contributed by atoms with van der Waals surface area (Å²) >= 11 is 1.30. The third-order valence-electron chi connectivity index (χ3n) is 2.54. The second kappa shape index (κ2) is 5.91. The van der Waals surface area contributed by atoms with Crippen LogP contribution in [0.25, 0.3) is 0 Å². The van der Waals surface area contributed by atoms with Crippen molar-refractivity contribution >= 4 is 34.0 Å². The molecule has 1 unspecified atom stereocenters. The van der Waals surface area contributed by atoms with Gasteiger partial charge in [0, 0.05) is 14.9 Å². The minimum atomic E-state index is -1.03. The third-order valence-corrected chi connectivity index (χ3v) is 5.38. The van der Waals surface area contributed by atoms with E-state index in [1.807, 2.05) is 27.7 Å². The Morgan fingerprint density at radius 2 is 1.94 bits per heavy atom. The Kier molecular flexibility index (Phi) is 5.31. The number of rotatable bonds is 3. The summed E-state index contributed by atoms with van der Waals surface area (Å²) in [5.41, 5.74) is 2.45. The van der Waals surface area contributed by atoms with Gasteiger partial charge in [0.15, 0.2) is 0 Å². The molecular formula is C13H20INOS. The number of aryl methyl sites for hydroxylation is 1. The summed E-state index contributed by atoms with van der Waals surface area (Å²) in [7, 11) is 0. The van der Waals surface area contributed by atoms with Crippen LogP contribution in [0.1, 0.15) is 44.9 Å². The summed E-state index contributed by atoms with van der Waals surface area (Å²) in [5.74, 6) is 0. The molecule has 0 fully saturated rings. The van der Waals surface area contributed by atoms with Crippen molar-refractivity contribution in [3.63, 3.8) is 0 Å². The molecule has 0 saturated heterocycles. The average molecular weight is 365 g/mol. The van der Waals surface area contributed by atoms with Gasteiger partial charge in [0.2, 0.25) is 0 Å². The molecule has 1 N–H and O–H groups in total. The molecule has 0 heterocycles. The Bertz CT molecular complexity index is 389. The molecule has 0 saturated carbocycles. The molecule has 0 aliphatic heterocycles. The molecule has 0 amide bonds. The van der Waals surface area contributed by atoms with Crippen molar-refractivity contribution in [2.24, 2.45) is 0 Å². The monoisotopic (exact) mass is 365 g/mol. The van der Waals surface area contributed by atoms with Crippen LogP contribution in [0.5, 0.6) is 0 Å². The normalized spacial score (nSPS) is 15.7. The fourth-order valence-corrected chi connectivity index (χ4v) is 2.63. The summed E-state index contributed by atoms with van der Waals surface area (Å²) in [5, 5.41) is 0. The van der Waals surface area contributed by atoms with Gasteiger partial charge in [-0.1, -0.05) is 12.1 Å². The van der Waals surface area contributed by atoms with Crippen molar-refractivity contribution in [3.05, 3.63) is 32.9 Å². The zero-order chi connectivity index (χ0) is 13.2. The molecule has 4 heteroatoms. The van der Waals surface area contributed by atoms with Gasteiger partial charge in [0.25, 0.3) is 0 Å². The zero-order valence-corrected chi connectivity index (χ0v) is 14.0. The third kappa shape index (κ3) is 4.43. The van der Waals surface area contributed by atoms with Crippen LogP contribution < -0.4 is 4.72 Å². The van der Waals surface area contributed by atoms with Crippen molar-refractivity contribution in [1.82, 2.24) is 4.72 Å². The Balaban J connectivity index is 2.76. The number of benzene rings is 1. The van der Waals surface area contributed by atoms with Crippen molar-refractivity contribution in [2.45, 2.75) is 45.4 Å².